The fourth-order valence-corrected chi connectivity index (χ4v) is 4.30. The molecule has 0 bridgehead atoms. The summed E-state index contributed by atoms with van der Waals surface area (Å²) < 4.78 is 27.7. The van der Waals surface area contributed by atoms with Gasteiger partial charge in [0.15, 0.2) is 17.3 Å². The molecule has 1 aliphatic heterocycles. The first-order valence-electron chi connectivity index (χ1n) is 11.3. The van der Waals surface area contributed by atoms with Gasteiger partial charge in [-0.1, -0.05) is 12.1 Å². The minimum absolute atomic E-state index is 0.197. The van der Waals surface area contributed by atoms with Crippen LogP contribution in [0.2, 0.25) is 0 Å². The van der Waals surface area contributed by atoms with Gasteiger partial charge in [-0.05, 0) is 65.7 Å². The fraction of sp³-hybridized carbons (Fsp3) is 0.103. The number of carbonyl (C=O) groups is 1. The Morgan fingerprint density at radius 1 is 0.806 bits per heavy atom. The molecule has 0 atom stereocenters. The van der Waals surface area contributed by atoms with Crippen LogP contribution in [-0.4, -0.2) is 31.8 Å². The molecule has 0 saturated heterocycles. The van der Waals surface area contributed by atoms with E-state index < -0.39 is 0 Å². The maximum Gasteiger partial charge on any atom is 0.231 e. The van der Waals surface area contributed by atoms with Gasteiger partial charge in [-0.2, -0.15) is 0 Å². The Bertz CT molecular complexity index is 1590. The predicted octanol–water partition coefficient (Wildman–Crippen LogP) is 6.14. The van der Waals surface area contributed by atoms with E-state index in [1.807, 2.05) is 60.7 Å². The molecule has 2 aromatic heterocycles. The lowest BCUT2D eigenvalue weighted by molar-refractivity contribution is 0.104. The van der Waals surface area contributed by atoms with Gasteiger partial charge in [0.25, 0.3) is 0 Å². The maximum atomic E-state index is 13.8. The van der Waals surface area contributed by atoms with Gasteiger partial charge < -0.3 is 23.4 Å². The Kier molecular flexibility index (Phi) is 5.30. The third kappa shape index (κ3) is 3.71. The van der Waals surface area contributed by atoms with E-state index in [1.165, 1.54) is 13.3 Å². The van der Waals surface area contributed by atoms with Gasteiger partial charge in [0.2, 0.25) is 12.7 Å². The zero-order valence-corrected chi connectivity index (χ0v) is 19.6. The Labute approximate surface area is 206 Å². The van der Waals surface area contributed by atoms with Crippen molar-refractivity contribution in [3.8, 4) is 45.6 Å². The number of carbonyl (C=O) groups excluding carboxylic acids is 1. The lowest BCUT2D eigenvalue weighted by Crippen LogP contribution is -2.03. The highest BCUT2D eigenvalue weighted by molar-refractivity contribution is 6.19. The number of ketones is 1. The Morgan fingerprint density at radius 3 is 2.31 bits per heavy atom. The lowest BCUT2D eigenvalue weighted by atomic mass is 9.96. The van der Waals surface area contributed by atoms with Crippen LogP contribution in [0.1, 0.15) is 15.9 Å². The zero-order valence-electron chi connectivity index (χ0n) is 19.6. The van der Waals surface area contributed by atoms with Crippen molar-refractivity contribution in [1.82, 2.24) is 4.98 Å². The van der Waals surface area contributed by atoms with Gasteiger partial charge in [-0.25, -0.2) is 4.98 Å². The van der Waals surface area contributed by atoms with Crippen molar-refractivity contribution in [2.45, 2.75) is 0 Å². The minimum atomic E-state index is -0.197. The molecule has 0 saturated carbocycles. The lowest BCUT2D eigenvalue weighted by Gasteiger charge is -2.06. The highest BCUT2D eigenvalue weighted by atomic mass is 16.7. The molecule has 0 radical (unpaired) electrons. The van der Waals surface area contributed by atoms with E-state index in [9.17, 15) is 4.79 Å². The molecule has 6 rings (SSSR count). The molecule has 0 spiro atoms. The molecule has 3 aromatic carbocycles. The van der Waals surface area contributed by atoms with Crippen molar-refractivity contribution >= 4 is 16.8 Å². The summed E-state index contributed by atoms with van der Waals surface area (Å²) in [6, 6.07) is 22.4. The van der Waals surface area contributed by atoms with Gasteiger partial charge in [0.05, 0.1) is 19.8 Å². The van der Waals surface area contributed by atoms with E-state index in [1.54, 1.807) is 19.2 Å². The molecule has 7 heteroatoms. The highest BCUT2D eigenvalue weighted by Gasteiger charge is 2.24. The third-order valence-electron chi connectivity index (χ3n) is 6.18. The molecule has 0 N–H and O–H groups in total. The number of hydrogen-bond acceptors (Lipinski definition) is 7. The van der Waals surface area contributed by atoms with E-state index in [2.05, 4.69) is 4.98 Å². The molecule has 0 fully saturated rings. The average molecular weight is 479 g/mol. The molecule has 0 amide bonds. The summed E-state index contributed by atoms with van der Waals surface area (Å²) in [5.41, 5.74) is 4.13. The molecule has 3 heterocycles. The summed E-state index contributed by atoms with van der Waals surface area (Å²) in [5.74, 6) is 2.84. The average Bonchev–Trinajstić information content (AvgIpc) is 3.56. The Hall–Kier alpha value is -4.78. The molecule has 5 aromatic rings. The topological polar surface area (TPSA) is 80.0 Å². The summed E-state index contributed by atoms with van der Waals surface area (Å²) in [6.45, 7) is 0.208. The van der Waals surface area contributed by atoms with E-state index in [-0.39, 0.29) is 12.6 Å². The number of nitrogens with zero attached hydrogens (tertiary/aromatic N) is 1. The number of rotatable bonds is 6. The quantitative estimate of drug-likeness (QED) is 0.271. The fourth-order valence-electron chi connectivity index (χ4n) is 4.30. The molecule has 0 aliphatic carbocycles. The summed E-state index contributed by atoms with van der Waals surface area (Å²) in [7, 11) is 3.15. The number of hydrogen-bond donors (Lipinski definition) is 0. The normalized spacial score (nSPS) is 12.1. The predicted molar refractivity (Wildman–Crippen MR) is 134 cm³/mol. The van der Waals surface area contributed by atoms with Crippen LogP contribution >= 0.6 is 0 Å². The first kappa shape index (κ1) is 21.7. The standard InChI is InChI=1S/C29H21NO6/c1-32-21-8-3-17(4-9-21)29-27(28(31)20-7-12-26(33-2)30-15-20)22-13-18(5-10-23(22)36-29)19-6-11-24-25(14-19)35-16-34-24/h3-15H,16H2,1-2H3. The van der Waals surface area contributed by atoms with Crippen molar-refractivity contribution in [3.63, 3.8) is 0 Å². The number of aromatic nitrogens is 1. The second-order valence-corrected chi connectivity index (χ2v) is 8.23. The maximum absolute atomic E-state index is 13.8. The zero-order chi connectivity index (χ0) is 24.6. The minimum Gasteiger partial charge on any atom is -0.497 e. The van der Waals surface area contributed by atoms with Gasteiger partial charge in [0, 0.05) is 28.8 Å². The summed E-state index contributed by atoms with van der Waals surface area (Å²) in [5, 5.41) is 0.705. The number of furan rings is 1. The van der Waals surface area contributed by atoms with Gasteiger partial charge >= 0.3 is 0 Å². The summed E-state index contributed by atoms with van der Waals surface area (Å²) in [4.78, 5) is 18.1. The van der Waals surface area contributed by atoms with Crippen LogP contribution in [0.25, 0.3) is 33.4 Å². The first-order chi connectivity index (χ1) is 17.6. The SMILES string of the molecule is COc1ccc(-c2oc3ccc(-c4ccc5c(c4)OCO5)cc3c2C(=O)c2ccc(OC)nc2)cc1. The van der Waals surface area contributed by atoms with Gasteiger partial charge in [0.1, 0.15) is 17.1 Å². The summed E-state index contributed by atoms with van der Waals surface area (Å²) >= 11 is 0. The van der Waals surface area contributed by atoms with Gasteiger partial charge in [-0.15, -0.1) is 0 Å². The van der Waals surface area contributed by atoms with Crippen LogP contribution in [0.3, 0.4) is 0 Å². The molecule has 7 nitrogen and oxygen atoms in total. The smallest absolute Gasteiger partial charge is 0.231 e. The first-order valence-corrected chi connectivity index (χ1v) is 11.3. The Balaban J connectivity index is 1.52. The van der Waals surface area contributed by atoms with E-state index in [0.717, 1.165) is 16.7 Å². The molecule has 178 valence electrons. The highest BCUT2D eigenvalue weighted by Crippen LogP contribution is 2.40. The molecule has 0 unspecified atom stereocenters. The molecular formula is C29H21NO6. The van der Waals surface area contributed by atoms with E-state index in [4.69, 9.17) is 23.4 Å². The summed E-state index contributed by atoms with van der Waals surface area (Å²) in [6.07, 6.45) is 1.51. The van der Waals surface area contributed by atoms with Crippen LogP contribution in [0.15, 0.2) is 83.4 Å². The number of fused-ring (bicyclic) bond motifs is 2. The number of methoxy groups -OCH3 is 2. The van der Waals surface area contributed by atoms with Crippen LogP contribution in [0, 0.1) is 0 Å². The van der Waals surface area contributed by atoms with Crippen molar-refractivity contribution < 1.29 is 28.2 Å². The number of benzene rings is 3. The van der Waals surface area contributed by atoms with Crippen molar-refractivity contribution in [1.29, 1.82) is 0 Å². The number of ether oxygens (including phenoxy) is 4. The van der Waals surface area contributed by atoms with Crippen molar-refractivity contribution in [2.24, 2.45) is 0 Å². The molecular weight excluding hydrogens is 458 g/mol. The van der Waals surface area contributed by atoms with Crippen LogP contribution in [0.5, 0.6) is 23.1 Å². The second kappa shape index (κ2) is 8.78. The van der Waals surface area contributed by atoms with Crippen LogP contribution in [-0.2, 0) is 0 Å². The third-order valence-corrected chi connectivity index (χ3v) is 6.18. The van der Waals surface area contributed by atoms with E-state index in [0.29, 0.717) is 51.0 Å². The van der Waals surface area contributed by atoms with Crippen molar-refractivity contribution in [3.05, 3.63) is 90.1 Å². The van der Waals surface area contributed by atoms with Crippen LogP contribution in [0.4, 0.5) is 0 Å². The Morgan fingerprint density at radius 2 is 1.56 bits per heavy atom. The molecule has 36 heavy (non-hydrogen) atoms. The number of pyridine rings is 1. The second-order valence-electron chi connectivity index (χ2n) is 8.23. The largest absolute Gasteiger partial charge is 0.497 e. The van der Waals surface area contributed by atoms with Gasteiger partial charge in [-0.3, -0.25) is 4.79 Å². The van der Waals surface area contributed by atoms with E-state index >= 15 is 0 Å². The van der Waals surface area contributed by atoms with Crippen LogP contribution < -0.4 is 18.9 Å². The molecule has 1 aliphatic rings. The monoisotopic (exact) mass is 479 g/mol. The van der Waals surface area contributed by atoms with Crippen molar-refractivity contribution in [2.75, 3.05) is 21.0 Å².